The van der Waals surface area contributed by atoms with Gasteiger partial charge in [0, 0.05) is 0 Å². The number of hydrogen-bond acceptors (Lipinski definition) is 0. The summed E-state index contributed by atoms with van der Waals surface area (Å²) in [5, 5.41) is 6.80. The first-order valence-corrected chi connectivity index (χ1v) is 27.8. The summed E-state index contributed by atoms with van der Waals surface area (Å²) in [4.78, 5) is 12.4. The molecule has 14 rings (SSSR count). The average Bonchev–Trinajstić information content (AvgIpc) is 3.93. The Balaban J connectivity index is 0.00000186. The molecule has 10 saturated heterocycles. The monoisotopic (exact) mass is 697 g/mol. The van der Waals surface area contributed by atoms with Crippen molar-refractivity contribution in [3.8, 4) is 0 Å². The molecule has 1 spiro atoms. The summed E-state index contributed by atoms with van der Waals surface area (Å²) in [6.07, 6.45) is -0.653. The fourth-order valence-corrected chi connectivity index (χ4v) is 153. The Hall–Kier alpha value is -0.788. The molecular weight excluding hydrogens is 668 g/mol. The number of hydrogen-bond donors (Lipinski definition) is 0. The van der Waals surface area contributed by atoms with Crippen LogP contribution in [0.2, 0.25) is 46.1 Å². The van der Waals surface area contributed by atoms with Crippen LogP contribution >= 0.6 is 24.6 Å². The number of benzene rings is 4. The van der Waals surface area contributed by atoms with Crippen molar-refractivity contribution in [2.24, 2.45) is 0 Å². The van der Waals surface area contributed by atoms with Gasteiger partial charge < -0.3 is 0 Å². The van der Waals surface area contributed by atoms with Crippen LogP contribution in [0.25, 0.3) is 0 Å². The Labute approximate surface area is 233 Å². The van der Waals surface area contributed by atoms with Gasteiger partial charge in [-0.1, -0.05) is 0 Å². The van der Waals surface area contributed by atoms with Gasteiger partial charge in [-0.3, -0.25) is 0 Å². The van der Waals surface area contributed by atoms with Crippen LogP contribution in [0.5, 0.6) is 0 Å². The topological polar surface area (TPSA) is 0 Å². The van der Waals surface area contributed by atoms with E-state index in [2.05, 4.69) is 121 Å². The van der Waals surface area contributed by atoms with Crippen LogP contribution in [0, 0.1) is 0 Å². The van der Waals surface area contributed by atoms with E-state index in [9.17, 15) is 0 Å². The Morgan fingerprint density at radius 3 is 0.923 bits per heavy atom. The third-order valence-electron chi connectivity index (χ3n) is 18.8. The number of halogens is 1. The van der Waals surface area contributed by atoms with Crippen LogP contribution in [-0.2, 0) is 22.3 Å². The number of fused-ring (bicyclic) bond motifs is 10. The van der Waals surface area contributed by atoms with E-state index in [1.807, 2.05) is 0 Å². The Bertz CT molecular complexity index is 1900. The van der Waals surface area contributed by atoms with Crippen molar-refractivity contribution in [3.05, 3.63) is 121 Å². The fourth-order valence-electron chi connectivity index (χ4n) is 19.2. The van der Waals surface area contributed by atoms with E-state index < -0.39 is 22.3 Å². The summed E-state index contributed by atoms with van der Waals surface area (Å²) < 4.78 is 0.944. The van der Waals surface area contributed by atoms with Crippen molar-refractivity contribution in [2.45, 2.75) is 46.1 Å². The Morgan fingerprint density at radius 1 is 0.436 bits per heavy atom. The quantitative estimate of drug-likeness (QED) is 0.134. The third kappa shape index (κ3) is 0.614. The van der Waals surface area contributed by atoms with Crippen LogP contribution in [0.1, 0.15) is 0 Å². The molecule has 0 aliphatic carbocycles. The minimum atomic E-state index is -3.40. The van der Waals surface area contributed by atoms with Gasteiger partial charge in [-0.15, -0.1) is 12.4 Å². The van der Waals surface area contributed by atoms with E-state index in [1.165, 1.54) is 43.3 Å². The zero-order chi connectivity index (χ0) is 24.2. The summed E-state index contributed by atoms with van der Waals surface area (Å²) in [5.41, 5.74) is 0. The molecule has 201 valence electrons. The van der Waals surface area contributed by atoms with E-state index in [-0.39, 0.29) is 24.6 Å². The van der Waals surface area contributed by atoms with Gasteiger partial charge in [-0.2, -0.15) is 0 Å². The molecule has 0 N–H and O–H groups in total. The maximum absolute atomic E-state index is 3.40. The van der Waals surface area contributed by atoms with E-state index in [0.717, 1.165) is 2.79 Å². The van der Waals surface area contributed by atoms with Crippen LogP contribution in [0.3, 0.4) is 0 Å². The first kappa shape index (κ1) is 21.0. The standard InChI is InChI=1S/2C12H10P.C5H5.C5H4.ClH.Fe.Pd/c2*1-3-7-11(8-4-1)13-12-9-5-2-6-10-12;2*1-2-4-5-3-1;;;/h2*1-10H;1-5H;1-4H;1H;;/q2*-1;;;;;+2. The molecule has 0 radical (unpaired) electrons. The van der Waals surface area contributed by atoms with Gasteiger partial charge in [0.15, 0.2) is 0 Å². The molecule has 0 nitrogen and oxygen atoms in total. The summed E-state index contributed by atoms with van der Waals surface area (Å²) >= 11 is -0.989. The van der Waals surface area contributed by atoms with E-state index in [4.69, 9.17) is 0 Å². The van der Waals surface area contributed by atoms with Crippen molar-refractivity contribution < 1.29 is 22.3 Å². The van der Waals surface area contributed by atoms with Gasteiger partial charge in [0.05, 0.1) is 0 Å². The van der Waals surface area contributed by atoms with E-state index in [1.54, 1.807) is 21.2 Å². The van der Waals surface area contributed by atoms with Gasteiger partial charge in [0.2, 0.25) is 0 Å². The van der Waals surface area contributed by atoms with Crippen LogP contribution in [0.15, 0.2) is 121 Å². The molecule has 4 unspecified atom stereocenters. The second kappa shape index (κ2) is 3.49. The van der Waals surface area contributed by atoms with Crippen molar-refractivity contribution in [3.63, 3.8) is 0 Å². The zero-order valence-corrected chi connectivity index (χ0v) is 26.5. The third-order valence-corrected chi connectivity index (χ3v) is 90.9. The molecule has 0 aromatic heterocycles. The summed E-state index contributed by atoms with van der Waals surface area (Å²) in [6.45, 7) is -3.40. The SMILES string of the molecule is Cl.c1ccc([P](c2ccccc2)[Pd]([P](c2ccccc2)c2ccccc2)[C]23[CH]4[CH]5[CH]6[CH]2[Fe]56432789[CH]3[CH]2[CH]7[CH]8[CH]39)cc1. The van der Waals surface area contributed by atoms with Crippen LogP contribution in [-0.4, -0.2) is 0 Å². The normalized spacial score (nSPS) is 58.6. The molecule has 5 heteroatoms. The molecule has 39 heavy (non-hydrogen) atoms. The predicted octanol–water partition coefficient (Wildman–Crippen LogP) is 8.84. The Kier molecular flexibility index (Phi) is 1.88. The Morgan fingerprint density at radius 2 is 0.718 bits per heavy atom. The molecule has 10 aliphatic rings. The van der Waals surface area contributed by atoms with E-state index >= 15 is 0 Å². The molecule has 10 fully saturated rings. The average molecular weight is 698 g/mol. The number of rotatable bonds is 7. The second-order valence-electron chi connectivity index (χ2n) is 15.6. The van der Waals surface area contributed by atoms with Crippen molar-refractivity contribution in [1.82, 2.24) is 0 Å². The molecule has 0 bridgehead atoms. The van der Waals surface area contributed by atoms with Crippen molar-refractivity contribution in [1.29, 1.82) is 0 Å². The minimum absolute atomic E-state index is 0. The first-order chi connectivity index (χ1) is 18.6. The molecular formula is C34H30ClFeP2Pd. The van der Waals surface area contributed by atoms with Crippen LogP contribution in [0.4, 0.5) is 0 Å². The van der Waals surface area contributed by atoms with Gasteiger partial charge in [-0.05, 0) is 0 Å². The first-order valence-electron chi connectivity index (χ1n) is 14.2. The molecule has 4 aromatic carbocycles. The maximum atomic E-state index is 2.54. The van der Waals surface area contributed by atoms with Gasteiger partial charge >= 0.3 is 223 Å². The zero-order valence-electron chi connectivity index (χ0n) is 21.2. The second-order valence-corrected chi connectivity index (χ2v) is 54.0. The van der Waals surface area contributed by atoms with E-state index in [0.29, 0.717) is 0 Å². The molecule has 0 amide bonds. The molecule has 10 aliphatic heterocycles. The van der Waals surface area contributed by atoms with Gasteiger partial charge in [0.25, 0.3) is 0 Å². The molecule has 4 aromatic rings. The van der Waals surface area contributed by atoms with Crippen molar-refractivity contribution in [2.75, 3.05) is 0 Å². The molecule has 4 atom stereocenters. The summed E-state index contributed by atoms with van der Waals surface area (Å²) in [5.74, 6) is 0. The van der Waals surface area contributed by atoms with Gasteiger partial charge in [0.1, 0.15) is 0 Å². The van der Waals surface area contributed by atoms with Gasteiger partial charge in [-0.25, -0.2) is 0 Å². The molecule has 10 heterocycles. The molecule has 0 saturated carbocycles. The predicted molar refractivity (Wildman–Crippen MR) is 162 cm³/mol. The van der Waals surface area contributed by atoms with Crippen molar-refractivity contribution >= 4 is 45.8 Å². The summed E-state index contributed by atoms with van der Waals surface area (Å²) in [6, 6.07) is 48.1. The van der Waals surface area contributed by atoms with Crippen LogP contribution < -0.4 is 21.2 Å². The summed E-state index contributed by atoms with van der Waals surface area (Å²) in [7, 11) is 0. The fraction of sp³-hybridized carbons (Fsp3) is 0.294.